The van der Waals surface area contributed by atoms with Crippen LogP contribution in [0.3, 0.4) is 0 Å². The first kappa shape index (κ1) is 17.7. The lowest BCUT2D eigenvalue weighted by atomic mass is 10.2. The zero-order valence-corrected chi connectivity index (χ0v) is 14.7. The summed E-state index contributed by atoms with van der Waals surface area (Å²) in [6.45, 7) is 4.77. The Hall–Kier alpha value is -3.09. The van der Waals surface area contributed by atoms with Crippen LogP contribution in [-0.4, -0.2) is 54.5 Å². The molecule has 1 N–H and O–H groups in total. The molecule has 26 heavy (non-hydrogen) atoms. The molecule has 3 rings (SSSR count). The predicted molar refractivity (Wildman–Crippen MR) is 99.3 cm³/mol. The van der Waals surface area contributed by atoms with E-state index in [9.17, 15) is 9.59 Å². The van der Waals surface area contributed by atoms with E-state index >= 15 is 0 Å². The number of nitrogens with zero attached hydrogens (tertiary/aromatic N) is 3. The minimum Gasteiger partial charge on any atom is -0.494 e. The Morgan fingerprint density at radius 3 is 2.42 bits per heavy atom. The zero-order chi connectivity index (χ0) is 18.4. The first-order valence-electron chi connectivity index (χ1n) is 8.66. The summed E-state index contributed by atoms with van der Waals surface area (Å²) in [4.78, 5) is 32.6. The fraction of sp³-hybridized carbons (Fsp3) is 0.316. The highest BCUT2D eigenvalue weighted by atomic mass is 16.5. The van der Waals surface area contributed by atoms with E-state index in [1.54, 1.807) is 35.4 Å². The molecule has 0 spiro atoms. The van der Waals surface area contributed by atoms with Crippen LogP contribution in [0.25, 0.3) is 0 Å². The van der Waals surface area contributed by atoms with Crippen molar-refractivity contribution < 1.29 is 14.3 Å². The fourth-order valence-electron chi connectivity index (χ4n) is 2.81. The summed E-state index contributed by atoms with van der Waals surface area (Å²) in [5, 5.41) is 2.64. The highest BCUT2D eigenvalue weighted by Crippen LogP contribution is 2.16. The van der Waals surface area contributed by atoms with Gasteiger partial charge in [-0.3, -0.25) is 9.59 Å². The molecule has 1 saturated heterocycles. The van der Waals surface area contributed by atoms with Crippen molar-refractivity contribution in [3.63, 3.8) is 0 Å². The van der Waals surface area contributed by atoms with E-state index in [-0.39, 0.29) is 0 Å². The van der Waals surface area contributed by atoms with E-state index in [1.807, 2.05) is 25.1 Å². The SMILES string of the molecule is CCOc1ccc(NC(=O)C(=O)N2CCN(c3ccccn3)CC2)cc1. The second kappa shape index (κ2) is 8.33. The van der Waals surface area contributed by atoms with Crippen LogP contribution in [0.15, 0.2) is 48.7 Å². The Bertz CT molecular complexity index is 741. The molecule has 1 aliphatic rings. The van der Waals surface area contributed by atoms with Gasteiger partial charge in [-0.25, -0.2) is 4.98 Å². The van der Waals surface area contributed by atoms with E-state index in [0.717, 1.165) is 11.6 Å². The van der Waals surface area contributed by atoms with E-state index in [4.69, 9.17) is 4.74 Å². The number of pyridine rings is 1. The van der Waals surface area contributed by atoms with Crippen LogP contribution in [0.2, 0.25) is 0 Å². The van der Waals surface area contributed by atoms with Crippen molar-refractivity contribution in [3.05, 3.63) is 48.7 Å². The van der Waals surface area contributed by atoms with Gasteiger partial charge in [0.1, 0.15) is 11.6 Å². The molecule has 7 heteroatoms. The molecule has 0 aliphatic carbocycles. The third-order valence-electron chi connectivity index (χ3n) is 4.16. The van der Waals surface area contributed by atoms with E-state index < -0.39 is 11.8 Å². The Morgan fingerprint density at radius 2 is 1.81 bits per heavy atom. The van der Waals surface area contributed by atoms with E-state index in [1.165, 1.54) is 0 Å². The summed E-state index contributed by atoms with van der Waals surface area (Å²) in [5.74, 6) is 0.473. The van der Waals surface area contributed by atoms with Crippen molar-refractivity contribution in [2.24, 2.45) is 0 Å². The van der Waals surface area contributed by atoms with Crippen molar-refractivity contribution in [1.29, 1.82) is 0 Å². The number of aromatic nitrogens is 1. The lowest BCUT2D eigenvalue weighted by molar-refractivity contribution is -0.143. The molecule has 0 atom stereocenters. The number of anilines is 2. The van der Waals surface area contributed by atoms with E-state index in [2.05, 4.69) is 15.2 Å². The molecule has 0 saturated carbocycles. The van der Waals surface area contributed by atoms with Crippen molar-refractivity contribution in [3.8, 4) is 5.75 Å². The number of amides is 2. The normalized spacial score (nSPS) is 14.0. The number of piperazine rings is 1. The van der Waals surface area contributed by atoms with Gasteiger partial charge in [-0.2, -0.15) is 0 Å². The van der Waals surface area contributed by atoms with Gasteiger partial charge in [-0.05, 0) is 43.3 Å². The van der Waals surface area contributed by atoms with Gasteiger partial charge in [0, 0.05) is 38.1 Å². The van der Waals surface area contributed by atoms with Gasteiger partial charge >= 0.3 is 11.8 Å². The lowest BCUT2D eigenvalue weighted by Crippen LogP contribution is -2.51. The quantitative estimate of drug-likeness (QED) is 0.847. The standard InChI is InChI=1S/C19H22N4O3/c1-2-26-16-8-6-15(7-9-16)21-18(24)19(25)23-13-11-22(12-14-23)17-5-3-4-10-20-17/h3-10H,2,11-14H2,1H3,(H,21,24). The van der Waals surface area contributed by atoms with Crippen molar-refractivity contribution in [1.82, 2.24) is 9.88 Å². The summed E-state index contributed by atoms with van der Waals surface area (Å²) < 4.78 is 5.36. The number of carbonyl (C=O) groups is 2. The monoisotopic (exact) mass is 354 g/mol. The first-order chi connectivity index (χ1) is 12.7. The van der Waals surface area contributed by atoms with Crippen LogP contribution in [0.4, 0.5) is 11.5 Å². The Morgan fingerprint density at radius 1 is 1.08 bits per heavy atom. The number of ether oxygens (including phenoxy) is 1. The van der Waals surface area contributed by atoms with Gasteiger partial charge in [0.25, 0.3) is 0 Å². The molecule has 1 aromatic carbocycles. The number of benzene rings is 1. The molecule has 1 fully saturated rings. The number of nitrogens with one attached hydrogen (secondary N) is 1. The van der Waals surface area contributed by atoms with Gasteiger partial charge in [0.15, 0.2) is 0 Å². The van der Waals surface area contributed by atoms with Crippen LogP contribution < -0.4 is 15.0 Å². The topological polar surface area (TPSA) is 74.8 Å². The Labute approximate surface area is 152 Å². The third kappa shape index (κ3) is 4.30. The maximum Gasteiger partial charge on any atom is 0.313 e. The smallest absolute Gasteiger partial charge is 0.313 e. The van der Waals surface area contributed by atoms with Crippen LogP contribution in [0.1, 0.15) is 6.92 Å². The summed E-state index contributed by atoms with van der Waals surface area (Å²) in [6.07, 6.45) is 1.75. The molecule has 1 aromatic heterocycles. The summed E-state index contributed by atoms with van der Waals surface area (Å²) in [5.41, 5.74) is 0.568. The molecule has 2 heterocycles. The van der Waals surface area contributed by atoms with Crippen molar-refractivity contribution in [2.45, 2.75) is 6.92 Å². The van der Waals surface area contributed by atoms with Crippen LogP contribution in [0.5, 0.6) is 5.75 Å². The van der Waals surface area contributed by atoms with Gasteiger partial charge in [0.2, 0.25) is 0 Å². The van der Waals surface area contributed by atoms with Crippen LogP contribution >= 0.6 is 0 Å². The van der Waals surface area contributed by atoms with E-state index in [0.29, 0.717) is 38.5 Å². The van der Waals surface area contributed by atoms with Gasteiger partial charge < -0.3 is 19.9 Å². The second-order valence-corrected chi connectivity index (χ2v) is 5.88. The molecule has 0 bridgehead atoms. The molecule has 2 aromatic rings. The maximum absolute atomic E-state index is 12.4. The molecule has 7 nitrogen and oxygen atoms in total. The van der Waals surface area contributed by atoms with Crippen molar-refractivity contribution in [2.75, 3.05) is 43.0 Å². The molecular weight excluding hydrogens is 332 g/mol. The largest absolute Gasteiger partial charge is 0.494 e. The number of rotatable bonds is 4. The zero-order valence-electron chi connectivity index (χ0n) is 14.7. The summed E-state index contributed by atoms with van der Waals surface area (Å²) in [7, 11) is 0. The van der Waals surface area contributed by atoms with Crippen molar-refractivity contribution >= 4 is 23.3 Å². The maximum atomic E-state index is 12.4. The molecule has 136 valence electrons. The third-order valence-corrected chi connectivity index (χ3v) is 4.16. The second-order valence-electron chi connectivity index (χ2n) is 5.88. The molecule has 0 radical (unpaired) electrons. The number of hydrogen-bond donors (Lipinski definition) is 1. The summed E-state index contributed by atoms with van der Waals surface area (Å²) >= 11 is 0. The first-order valence-corrected chi connectivity index (χ1v) is 8.66. The fourth-order valence-corrected chi connectivity index (χ4v) is 2.81. The molecule has 2 amide bonds. The minimum atomic E-state index is -0.625. The van der Waals surface area contributed by atoms with Gasteiger partial charge in [0.05, 0.1) is 6.61 Å². The van der Waals surface area contributed by atoms with Crippen LogP contribution in [-0.2, 0) is 9.59 Å². The molecule has 0 unspecified atom stereocenters. The molecular formula is C19H22N4O3. The van der Waals surface area contributed by atoms with Gasteiger partial charge in [-0.15, -0.1) is 0 Å². The summed E-state index contributed by atoms with van der Waals surface area (Å²) in [6, 6.07) is 12.7. The van der Waals surface area contributed by atoms with Gasteiger partial charge in [-0.1, -0.05) is 6.07 Å². The highest BCUT2D eigenvalue weighted by molar-refractivity contribution is 6.39. The number of hydrogen-bond acceptors (Lipinski definition) is 5. The minimum absolute atomic E-state index is 0.492. The molecule has 1 aliphatic heterocycles. The number of carbonyl (C=O) groups excluding carboxylic acids is 2. The lowest BCUT2D eigenvalue weighted by Gasteiger charge is -2.34. The Kier molecular flexibility index (Phi) is 5.68. The predicted octanol–water partition coefficient (Wildman–Crippen LogP) is 1.77. The highest BCUT2D eigenvalue weighted by Gasteiger charge is 2.26. The van der Waals surface area contributed by atoms with Crippen LogP contribution in [0, 0.1) is 0 Å². The average molecular weight is 354 g/mol. The average Bonchev–Trinajstić information content (AvgIpc) is 2.70. The Balaban J connectivity index is 1.52.